The van der Waals surface area contributed by atoms with E-state index in [9.17, 15) is 9.59 Å². The van der Waals surface area contributed by atoms with Crippen LogP contribution in [0.15, 0.2) is 48.8 Å². The van der Waals surface area contributed by atoms with E-state index in [0.29, 0.717) is 31.6 Å². The van der Waals surface area contributed by atoms with Gasteiger partial charge < -0.3 is 15.0 Å². The predicted octanol–water partition coefficient (Wildman–Crippen LogP) is 5.56. The topological polar surface area (TPSA) is 71.5 Å². The van der Waals surface area contributed by atoms with Crippen LogP contribution in [-0.2, 0) is 0 Å². The lowest BCUT2D eigenvalue weighted by Gasteiger charge is -2.31. The summed E-state index contributed by atoms with van der Waals surface area (Å²) in [7, 11) is 0. The quantitative estimate of drug-likeness (QED) is 0.578. The molecule has 2 amide bonds. The molecule has 0 bridgehead atoms. The van der Waals surface area contributed by atoms with Crippen LogP contribution >= 0.6 is 0 Å². The highest BCUT2D eigenvalue weighted by Crippen LogP contribution is 2.27. The zero-order valence-corrected chi connectivity index (χ0v) is 18.7. The summed E-state index contributed by atoms with van der Waals surface area (Å²) in [6, 6.07) is 11.0. The zero-order chi connectivity index (χ0) is 22.2. The van der Waals surface area contributed by atoms with E-state index in [4.69, 9.17) is 4.74 Å². The Labute approximate surface area is 190 Å². The predicted molar refractivity (Wildman–Crippen MR) is 125 cm³/mol. The van der Waals surface area contributed by atoms with Gasteiger partial charge in [-0.2, -0.15) is 0 Å². The minimum absolute atomic E-state index is 0.0458. The van der Waals surface area contributed by atoms with E-state index in [1.54, 1.807) is 23.4 Å². The Kier molecular flexibility index (Phi) is 7.75. The number of aromatic nitrogens is 1. The maximum Gasteiger partial charge on any atom is 0.321 e. The fourth-order valence-corrected chi connectivity index (χ4v) is 4.75. The van der Waals surface area contributed by atoms with Gasteiger partial charge in [-0.1, -0.05) is 32.1 Å². The Hall–Kier alpha value is -2.89. The highest BCUT2D eigenvalue weighted by Gasteiger charge is 2.28. The van der Waals surface area contributed by atoms with Crippen molar-refractivity contribution in [2.45, 2.75) is 51.4 Å². The van der Waals surface area contributed by atoms with Gasteiger partial charge in [0.1, 0.15) is 5.75 Å². The first-order valence-corrected chi connectivity index (χ1v) is 11.9. The van der Waals surface area contributed by atoms with Gasteiger partial charge in [0.15, 0.2) is 5.78 Å². The molecule has 2 fully saturated rings. The molecule has 1 saturated heterocycles. The van der Waals surface area contributed by atoms with Crippen molar-refractivity contribution in [2.24, 2.45) is 11.8 Å². The summed E-state index contributed by atoms with van der Waals surface area (Å²) in [6.45, 7) is 1.90. The number of pyridine rings is 1. The number of urea groups is 1. The molecule has 1 N–H and O–H groups in total. The number of Topliss-reactive ketones (excluding diaryl/α,β-unsaturated/α-hetero) is 1. The number of rotatable bonds is 7. The number of carbonyl (C=O) groups excluding carboxylic acids is 2. The molecule has 0 atom stereocenters. The third kappa shape index (κ3) is 6.09. The van der Waals surface area contributed by atoms with Crippen LogP contribution in [0.3, 0.4) is 0 Å². The fraction of sp³-hybridized carbons (Fsp3) is 0.500. The minimum atomic E-state index is -0.140. The minimum Gasteiger partial charge on any atom is -0.494 e. The molecular weight excluding hydrogens is 402 g/mol. The lowest BCUT2D eigenvalue weighted by Crippen LogP contribution is -2.42. The molecule has 2 heterocycles. The number of benzene rings is 1. The molecule has 1 aromatic carbocycles. The third-order valence-electron chi connectivity index (χ3n) is 6.72. The first-order valence-electron chi connectivity index (χ1n) is 11.9. The Balaban J connectivity index is 1.21. The maximum absolute atomic E-state index is 12.9. The van der Waals surface area contributed by atoms with Crippen molar-refractivity contribution in [3.05, 3.63) is 54.4 Å². The summed E-state index contributed by atoms with van der Waals surface area (Å²) in [4.78, 5) is 31.1. The van der Waals surface area contributed by atoms with Gasteiger partial charge in [-0.15, -0.1) is 0 Å². The highest BCUT2D eigenvalue weighted by molar-refractivity contribution is 5.98. The van der Waals surface area contributed by atoms with E-state index < -0.39 is 0 Å². The SMILES string of the molecule is O=C(c1ccc(OCCC2CCCCC2)cc1)C1CCN(C(=O)Nc2cccnc2)CC1. The number of carbonyl (C=O) groups is 2. The van der Waals surface area contributed by atoms with Crippen molar-refractivity contribution in [2.75, 3.05) is 25.0 Å². The van der Waals surface area contributed by atoms with Crippen LogP contribution in [0.1, 0.15) is 61.7 Å². The summed E-state index contributed by atoms with van der Waals surface area (Å²) < 4.78 is 5.91. The van der Waals surface area contributed by atoms with Crippen molar-refractivity contribution in [3.63, 3.8) is 0 Å². The van der Waals surface area contributed by atoms with Crippen LogP contribution in [0.5, 0.6) is 5.75 Å². The first kappa shape index (κ1) is 22.3. The van der Waals surface area contributed by atoms with Gasteiger partial charge in [0.25, 0.3) is 0 Å². The van der Waals surface area contributed by atoms with E-state index in [-0.39, 0.29) is 17.7 Å². The third-order valence-corrected chi connectivity index (χ3v) is 6.72. The van der Waals surface area contributed by atoms with Crippen molar-refractivity contribution in [1.82, 2.24) is 9.88 Å². The van der Waals surface area contributed by atoms with Crippen LogP contribution in [-0.4, -0.2) is 41.4 Å². The number of piperidine rings is 1. The second kappa shape index (κ2) is 11.1. The summed E-state index contributed by atoms with van der Waals surface area (Å²) in [5, 5.41) is 2.86. The fourth-order valence-electron chi connectivity index (χ4n) is 4.75. The Morgan fingerprint density at radius 1 is 1.00 bits per heavy atom. The summed E-state index contributed by atoms with van der Waals surface area (Å²) in [5.41, 5.74) is 1.40. The van der Waals surface area contributed by atoms with E-state index in [1.807, 2.05) is 30.3 Å². The molecule has 0 spiro atoms. The second-order valence-electron chi connectivity index (χ2n) is 8.96. The van der Waals surface area contributed by atoms with Crippen LogP contribution in [0.25, 0.3) is 0 Å². The monoisotopic (exact) mass is 435 g/mol. The number of nitrogens with one attached hydrogen (secondary N) is 1. The second-order valence-corrected chi connectivity index (χ2v) is 8.96. The van der Waals surface area contributed by atoms with Crippen molar-refractivity contribution < 1.29 is 14.3 Å². The smallest absolute Gasteiger partial charge is 0.321 e. The van der Waals surface area contributed by atoms with Gasteiger partial charge in [-0.05, 0) is 61.6 Å². The molecule has 1 saturated carbocycles. The van der Waals surface area contributed by atoms with Crippen molar-refractivity contribution in [3.8, 4) is 5.75 Å². The standard InChI is InChI=1S/C26H33N3O3/c30-25(21-8-10-24(11-9-21)32-18-14-20-5-2-1-3-6-20)22-12-16-29(17-13-22)26(31)28-23-7-4-15-27-19-23/h4,7-11,15,19-20,22H,1-3,5-6,12-14,16-18H2,(H,28,31). The van der Waals surface area contributed by atoms with Crippen LogP contribution in [0, 0.1) is 11.8 Å². The highest BCUT2D eigenvalue weighted by atomic mass is 16.5. The van der Waals surface area contributed by atoms with E-state index >= 15 is 0 Å². The molecule has 4 rings (SSSR count). The average Bonchev–Trinajstić information content (AvgIpc) is 2.85. The van der Waals surface area contributed by atoms with Crippen LogP contribution in [0.2, 0.25) is 0 Å². The number of hydrogen-bond acceptors (Lipinski definition) is 4. The molecule has 0 radical (unpaired) electrons. The number of anilines is 1. The van der Waals surface area contributed by atoms with E-state index in [2.05, 4.69) is 10.3 Å². The summed E-state index contributed by atoms with van der Waals surface area (Å²) >= 11 is 0. The van der Waals surface area contributed by atoms with Crippen LogP contribution < -0.4 is 10.1 Å². The van der Waals surface area contributed by atoms with Gasteiger partial charge in [0.05, 0.1) is 18.5 Å². The summed E-state index contributed by atoms with van der Waals surface area (Å²) in [6.07, 6.45) is 12.5. The zero-order valence-electron chi connectivity index (χ0n) is 18.7. The molecule has 1 aromatic heterocycles. The molecule has 1 aliphatic carbocycles. The normalized spacial score (nSPS) is 17.7. The molecule has 2 aliphatic rings. The Bertz CT molecular complexity index is 871. The van der Waals surface area contributed by atoms with Crippen molar-refractivity contribution >= 4 is 17.5 Å². The molecule has 0 unspecified atom stereocenters. The molecule has 6 nitrogen and oxygen atoms in total. The van der Waals surface area contributed by atoms with Gasteiger partial charge in [-0.3, -0.25) is 9.78 Å². The number of ketones is 1. The van der Waals surface area contributed by atoms with Gasteiger partial charge in [0.2, 0.25) is 0 Å². The largest absolute Gasteiger partial charge is 0.494 e. The number of amides is 2. The summed E-state index contributed by atoms with van der Waals surface area (Å²) in [5.74, 6) is 1.75. The van der Waals surface area contributed by atoms with Crippen LogP contribution in [0.4, 0.5) is 10.5 Å². The number of ether oxygens (including phenoxy) is 1. The van der Waals surface area contributed by atoms with Gasteiger partial charge in [-0.25, -0.2) is 4.79 Å². The lowest BCUT2D eigenvalue weighted by atomic mass is 9.87. The van der Waals surface area contributed by atoms with Gasteiger partial charge >= 0.3 is 6.03 Å². The lowest BCUT2D eigenvalue weighted by molar-refractivity contribution is 0.0859. The first-order chi connectivity index (χ1) is 15.7. The van der Waals surface area contributed by atoms with E-state index in [1.165, 1.54) is 32.1 Å². The molecule has 2 aromatic rings. The maximum atomic E-state index is 12.9. The molecular formula is C26H33N3O3. The molecule has 6 heteroatoms. The molecule has 32 heavy (non-hydrogen) atoms. The molecule has 170 valence electrons. The average molecular weight is 436 g/mol. The van der Waals surface area contributed by atoms with Crippen molar-refractivity contribution in [1.29, 1.82) is 0 Å². The molecule has 1 aliphatic heterocycles. The van der Waals surface area contributed by atoms with Gasteiger partial charge in [0, 0.05) is 30.8 Å². The van der Waals surface area contributed by atoms with E-state index in [0.717, 1.165) is 30.3 Å². The number of likely N-dealkylation sites (tertiary alicyclic amines) is 1. The Morgan fingerprint density at radius 2 is 1.75 bits per heavy atom. The number of nitrogens with zero attached hydrogens (tertiary/aromatic N) is 2. The Morgan fingerprint density at radius 3 is 2.44 bits per heavy atom. The number of hydrogen-bond donors (Lipinski definition) is 1.